The van der Waals surface area contributed by atoms with Gasteiger partial charge in [0.15, 0.2) is 0 Å². The zero-order valence-corrected chi connectivity index (χ0v) is 9.49. The van der Waals surface area contributed by atoms with Gasteiger partial charge >= 0.3 is 17.2 Å². The summed E-state index contributed by atoms with van der Waals surface area (Å²) in [6.07, 6.45) is 0.189. The van der Waals surface area contributed by atoms with Crippen molar-refractivity contribution in [3.8, 4) is 0 Å². The summed E-state index contributed by atoms with van der Waals surface area (Å²) in [5, 5.41) is 7.68. The molecule has 0 aromatic heterocycles. The van der Waals surface area contributed by atoms with Crippen molar-refractivity contribution in [2.24, 2.45) is 5.73 Å². The van der Waals surface area contributed by atoms with Gasteiger partial charge in [0, 0.05) is 12.2 Å². The van der Waals surface area contributed by atoms with Crippen LogP contribution in [0.25, 0.3) is 0 Å². The number of rotatable bonds is 6. The highest BCUT2D eigenvalue weighted by molar-refractivity contribution is 8.13. The highest BCUT2D eigenvalue weighted by Crippen LogP contribution is 2.06. The summed E-state index contributed by atoms with van der Waals surface area (Å²) >= 11 is 0.614. The Morgan fingerprint density at radius 1 is 1.38 bits per heavy atom. The van der Waals surface area contributed by atoms with Crippen molar-refractivity contribution < 1.29 is 29.0 Å². The lowest BCUT2D eigenvalue weighted by Gasteiger charge is -2.06. The van der Waals surface area contributed by atoms with E-state index in [9.17, 15) is 14.4 Å². The topological polar surface area (TPSA) is 116 Å². The second-order valence-electron chi connectivity index (χ2n) is 2.64. The van der Waals surface area contributed by atoms with E-state index in [0.717, 1.165) is 0 Å². The Morgan fingerprint density at radius 3 is 2.50 bits per heavy atom. The first-order chi connectivity index (χ1) is 7.47. The van der Waals surface area contributed by atoms with Gasteiger partial charge in [-0.05, 0) is 11.8 Å². The van der Waals surface area contributed by atoms with E-state index >= 15 is 0 Å². The van der Waals surface area contributed by atoms with E-state index in [0.29, 0.717) is 11.8 Å². The molecule has 0 fully saturated rings. The normalized spacial score (nSPS) is 11.6. The maximum Gasteiger partial charge on any atom is 0.370 e. The van der Waals surface area contributed by atoms with Crippen LogP contribution in [0, 0.1) is 0 Å². The Bertz CT molecular complexity index is 269. The molecule has 0 aromatic carbocycles. The monoisotopic (exact) mass is 251 g/mol. The molecule has 0 spiro atoms. The number of hydrogen-bond donors (Lipinski definition) is 2. The summed E-state index contributed by atoms with van der Waals surface area (Å²) in [4.78, 5) is 31.9. The van der Waals surface area contributed by atoms with Crippen LogP contribution in [0.5, 0.6) is 0 Å². The summed E-state index contributed by atoms with van der Waals surface area (Å²) in [6, 6.07) is -1.13. The van der Waals surface area contributed by atoms with Crippen molar-refractivity contribution in [3.63, 3.8) is 0 Å². The summed E-state index contributed by atoms with van der Waals surface area (Å²) in [7, 11) is 0. The minimum atomic E-state index is -1.20. The number of hydrogen-bond acceptors (Lipinski definition) is 7. The highest BCUT2D eigenvalue weighted by Gasteiger charge is 2.14. The molecule has 0 aliphatic carbocycles. The fraction of sp³-hybridized carbons (Fsp3) is 0.625. The van der Waals surface area contributed by atoms with Crippen LogP contribution in [0.4, 0.5) is 4.79 Å². The predicted octanol–water partition coefficient (Wildman–Crippen LogP) is 0.179. The van der Waals surface area contributed by atoms with E-state index in [4.69, 9.17) is 10.8 Å². The molecule has 0 saturated heterocycles. The lowest BCUT2D eigenvalue weighted by atomic mass is 10.4. The maximum absolute atomic E-state index is 10.9. The SMILES string of the molecule is CCC(=O)OCOC(=O)SC[C@H](N)C(=O)O. The number of thioether (sulfide) groups is 1. The van der Waals surface area contributed by atoms with Crippen LogP contribution < -0.4 is 5.73 Å². The number of nitrogens with two attached hydrogens (primary N) is 1. The van der Waals surface area contributed by atoms with Gasteiger partial charge < -0.3 is 20.3 Å². The Kier molecular flexibility index (Phi) is 7.31. The molecule has 0 unspecified atom stereocenters. The molecular formula is C8H13NO6S. The zero-order chi connectivity index (χ0) is 12.6. The number of ether oxygens (including phenoxy) is 2. The van der Waals surface area contributed by atoms with Gasteiger partial charge in [0.1, 0.15) is 6.04 Å². The lowest BCUT2D eigenvalue weighted by molar-refractivity contribution is -0.150. The Labute approximate surface area is 96.3 Å². The van der Waals surface area contributed by atoms with Crippen LogP contribution in [-0.4, -0.2) is 40.9 Å². The first-order valence-corrected chi connectivity index (χ1v) is 5.39. The molecule has 0 aliphatic heterocycles. The number of carboxylic acid groups (broad SMARTS) is 1. The molecule has 92 valence electrons. The lowest BCUT2D eigenvalue weighted by Crippen LogP contribution is -2.33. The van der Waals surface area contributed by atoms with Crippen LogP contribution in [0.3, 0.4) is 0 Å². The van der Waals surface area contributed by atoms with Gasteiger partial charge in [-0.1, -0.05) is 6.92 Å². The van der Waals surface area contributed by atoms with E-state index in [2.05, 4.69) is 9.47 Å². The van der Waals surface area contributed by atoms with Gasteiger partial charge in [0.05, 0.1) is 0 Å². The summed E-state index contributed by atoms with van der Waals surface area (Å²) in [6.45, 7) is 1.13. The standard InChI is InChI=1S/C8H13NO6S/c1-2-6(10)14-4-15-8(13)16-3-5(9)7(11)12/h5H,2-4,9H2,1H3,(H,11,12)/t5-/m0/s1. The van der Waals surface area contributed by atoms with E-state index in [-0.39, 0.29) is 12.2 Å². The van der Waals surface area contributed by atoms with Crippen molar-refractivity contribution in [1.82, 2.24) is 0 Å². The molecule has 0 amide bonds. The third kappa shape index (κ3) is 7.07. The van der Waals surface area contributed by atoms with Gasteiger partial charge in [0.2, 0.25) is 6.79 Å². The van der Waals surface area contributed by atoms with E-state index < -0.39 is 30.1 Å². The molecule has 0 bridgehead atoms. The van der Waals surface area contributed by atoms with Crippen molar-refractivity contribution in [2.45, 2.75) is 19.4 Å². The van der Waals surface area contributed by atoms with E-state index in [1.54, 1.807) is 6.92 Å². The third-order valence-corrected chi connectivity index (χ3v) is 2.26. The molecule has 0 heterocycles. The van der Waals surface area contributed by atoms with Crippen LogP contribution >= 0.6 is 11.8 Å². The minimum Gasteiger partial charge on any atom is -0.480 e. The molecule has 0 saturated carbocycles. The number of esters is 1. The average Bonchev–Trinajstić information content (AvgIpc) is 2.25. The van der Waals surface area contributed by atoms with E-state index in [1.165, 1.54) is 0 Å². The number of carboxylic acids is 1. The zero-order valence-electron chi connectivity index (χ0n) is 8.67. The van der Waals surface area contributed by atoms with Crippen molar-refractivity contribution in [3.05, 3.63) is 0 Å². The summed E-state index contributed by atoms with van der Waals surface area (Å²) in [5.41, 5.74) is 5.15. The van der Waals surface area contributed by atoms with Gasteiger partial charge in [0.25, 0.3) is 0 Å². The molecule has 0 aliphatic rings. The quantitative estimate of drug-likeness (QED) is 0.507. The van der Waals surface area contributed by atoms with Crippen molar-refractivity contribution in [1.29, 1.82) is 0 Å². The molecule has 0 rings (SSSR count). The second kappa shape index (κ2) is 7.94. The molecule has 1 atom stereocenters. The highest BCUT2D eigenvalue weighted by atomic mass is 32.2. The van der Waals surface area contributed by atoms with E-state index in [1.807, 2.05) is 0 Å². The average molecular weight is 251 g/mol. The number of carbonyl (C=O) groups excluding carboxylic acids is 2. The van der Waals surface area contributed by atoms with Gasteiger partial charge in [-0.2, -0.15) is 0 Å². The van der Waals surface area contributed by atoms with Gasteiger partial charge in [-0.15, -0.1) is 0 Å². The van der Waals surface area contributed by atoms with Crippen LogP contribution in [0.15, 0.2) is 0 Å². The first kappa shape index (κ1) is 14.7. The Hall–Kier alpha value is -1.28. The summed E-state index contributed by atoms with van der Waals surface area (Å²) < 4.78 is 8.95. The number of aliphatic carboxylic acids is 1. The number of carbonyl (C=O) groups is 3. The van der Waals surface area contributed by atoms with Gasteiger partial charge in [-0.3, -0.25) is 9.59 Å². The molecular weight excluding hydrogens is 238 g/mol. The first-order valence-electron chi connectivity index (χ1n) is 4.41. The fourth-order valence-corrected chi connectivity index (χ4v) is 1.11. The fourth-order valence-electron chi connectivity index (χ4n) is 0.516. The van der Waals surface area contributed by atoms with Crippen molar-refractivity contribution >= 4 is 29.0 Å². The Balaban J connectivity index is 3.60. The minimum absolute atomic E-state index is 0.101. The molecule has 0 aromatic rings. The van der Waals surface area contributed by atoms with Crippen LogP contribution in [0.1, 0.15) is 13.3 Å². The largest absolute Gasteiger partial charge is 0.480 e. The molecule has 3 N–H and O–H groups in total. The second-order valence-corrected chi connectivity index (χ2v) is 3.59. The predicted molar refractivity (Wildman–Crippen MR) is 55.8 cm³/mol. The summed E-state index contributed by atoms with van der Waals surface area (Å²) in [5.74, 6) is -1.78. The molecule has 8 heteroatoms. The maximum atomic E-state index is 10.9. The van der Waals surface area contributed by atoms with Crippen LogP contribution in [-0.2, 0) is 19.1 Å². The van der Waals surface area contributed by atoms with Crippen molar-refractivity contribution in [2.75, 3.05) is 12.5 Å². The smallest absolute Gasteiger partial charge is 0.370 e. The molecule has 7 nitrogen and oxygen atoms in total. The Morgan fingerprint density at radius 2 is 2.00 bits per heavy atom. The van der Waals surface area contributed by atoms with Crippen LogP contribution in [0.2, 0.25) is 0 Å². The molecule has 0 radical (unpaired) electrons. The third-order valence-electron chi connectivity index (χ3n) is 1.38. The molecule has 16 heavy (non-hydrogen) atoms. The van der Waals surface area contributed by atoms with Gasteiger partial charge in [-0.25, -0.2) is 4.79 Å².